The van der Waals surface area contributed by atoms with Gasteiger partial charge in [-0.25, -0.2) is 4.98 Å². The number of aromatic nitrogens is 1. The number of nitrogens with one attached hydrogen (secondary N) is 1. The highest BCUT2D eigenvalue weighted by molar-refractivity contribution is 5.98. The first-order valence-corrected chi connectivity index (χ1v) is 7.97. The Kier molecular flexibility index (Phi) is 5.26. The van der Waals surface area contributed by atoms with Crippen molar-refractivity contribution in [3.05, 3.63) is 89.6 Å². The quantitative estimate of drug-likeness (QED) is 0.726. The number of para-hydroxylation sites is 1. The van der Waals surface area contributed by atoms with Gasteiger partial charge in [0.1, 0.15) is 18.2 Å². The van der Waals surface area contributed by atoms with Gasteiger partial charge in [-0.15, -0.1) is 0 Å². The minimum Gasteiger partial charge on any atom is -0.489 e. The molecule has 0 fully saturated rings. The van der Waals surface area contributed by atoms with Gasteiger partial charge >= 0.3 is 0 Å². The summed E-state index contributed by atoms with van der Waals surface area (Å²) in [5.74, 6) is 0.836. The third kappa shape index (κ3) is 4.57. The first kappa shape index (κ1) is 16.5. The number of hydrogen-bond donors (Lipinski definition) is 2. The average molecular weight is 333 g/mol. The Hall–Kier alpha value is -3.34. The number of carbonyl (C=O) groups is 1. The summed E-state index contributed by atoms with van der Waals surface area (Å²) < 4.78 is 5.71. The number of carbonyl (C=O) groups excluding carboxylic acids is 1. The van der Waals surface area contributed by atoms with Crippen LogP contribution in [0.1, 0.15) is 21.5 Å². The summed E-state index contributed by atoms with van der Waals surface area (Å²) in [6, 6.07) is 20.9. The molecule has 0 radical (unpaired) electrons. The zero-order chi connectivity index (χ0) is 17.5. The van der Waals surface area contributed by atoms with E-state index in [9.17, 15) is 4.79 Å². The molecular formula is C20H19N3O2. The molecular weight excluding hydrogens is 314 g/mol. The summed E-state index contributed by atoms with van der Waals surface area (Å²) in [5, 5.41) is 2.84. The van der Waals surface area contributed by atoms with Crippen LogP contribution in [0.15, 0.2) is 72.9 Å². The van der Waals surface area contributed by atoms with Crippen molar-refractivity contribution in [1.29, 1.82) is 0 Å². The van der Waals surface area contributed by atoms with E-state index in [0.717, 1.165) is 16.9 Å². The van der Waals surface area contributed by atoms with Crippen LogP contribution >= 0.6 is 0 Å². The molecule has 0 saturated carbocycles. The molecule has 0 aliphatic carbocycles. The van der Waals surface area contributed by atoms with E-state index < -0.39 is 0 Å². The lowest BCUT2D eigenvalue weighted by Gasteiger charge is -2.09. The van der Waals surface area contributed by atoms with Gasteiger partial charge in [0.25, 0.3) is 5.91 Å². The lowest BCUT2D eigenvalue weighted by molar-refractivity contribution is 0.0951. The maximum Gasteiger partial charge on any atom is 0.255 e. The van der Waals surface area contributed by atoms with Crippen molar-refractivity contribution in [3.63, 3.8) is 0 Å². The number of nitrogen functional groups attached to an aromatic ring is 1. The van der Waals surface area contributed by atoms with Gasteiger partial charge in [-0.3, -0.25) is 4.79 Å². The van der Waals surface area contributed by atoms with E-state index in [1.807, 2.05) is 54.6 Å². The second-order valence-electron chi connectivity index (χ2n) is 5.54. The second-order valence-corrected chi connectivity index (χ2v) is 5.54. The number of nitrogens with zero attached hydrogens (tertiary/aromatic N) is 1. The number of pyridine rings is 1. The SMILES string of the molecule is Nc1ncccc1C(=O)NCc1ccc(COc2ccccc2)cc1. The summed E-state index contributed by atoms with van der Waals surface area (Å²) in [6.45, 7) is 0.926. The van der Waals surface area contributed by atoms with Crippen molar-refractivity contribution in [3.8, 4) is 5.75 Å². The second kappa shape index (κ2) is 7.97. The van der Waals surface area contributed by atoms with Crippen LogP contribution in [0, 0.1) is 0 Å². The lowest BCUT2D eigenvalue weighted by atomic mass is 10.1. The topological polar surface area (TPSA) is 77.2 Å². The first-order valence-electron chi connectivity index (χ1n) is 7.97. The van der Waals surface area contributed by atoms with Crippen LogP contribution in [0.4, 0.5) is 5.82 Å². The molecule has 0 aliphatic rings. The van der Waals surface area contributed by atoms with Gasteiger partial charge in [0.15, 0.2) is 0 Å². The maximum atomic E-state index is 12.1. The zero-order valence-corrected chi connectivity index (χ0v) is 13.7. The third-order valence-corrected chi connectivity index (χ3v) is 3.71. The first-order chi connectivity index (χ1) is 12.2. The van der Waals surface area contributed by atoms with E-state index in [4.69, 9.17) is 10.5 Å². The standard InChI is InChI=1S/C20H19N3O2/c21-19-18(7-4-12-22-19)20(24)23-13-15-8-10-16(11-9-15)14-25-17-5-2-1-3-6-17/h1-12H,13-14H2,(H2,21,22)(H,23,24). The molecule has 0 atom stereocenters. The number of hydrogen-bond acceptors (Lipinski definition) is 4. The van der Waals surface area contributed by atoms with E-state index in [-0.39, 0.29) is 11.7 Å². The predicted molar refractivity (Wildman–Crippen MR) is 97.0 cm³/mol. The van der Waals surface area contributed by atoms with Crippen LogP contribution in [-0.4, -0.2) is 10.9 Å². The normalized spacial score (nSPS) is 10.2. The molecule has 1 amide bonds. The average Bonchev–Trinajstić information content (AvgIpc) is 2.66. The fourth-order valence-corrected chi connectivity index (χ4v) is 2.32. The molecule has 5 heteroatoms. The van der Waals surface area contributed by atoms with Crippen LogP contribution in [0.2, 0.25) is 0 Å². The fraction of sp³-hybridized carbons (Fsp3) is 0.100. The van der Waals surface area contributed by atoms with Crippen LogP contribution in [0.25, 0.3) is 0 Å². The van der Waals surface area contributed by atoms with Crippen LogP contribution in [0.5, 0.6) is 5.75 Å². The van der Waals surface area contributed by atoms with Crippen LogP contribution < -0.4 is 15.8 Å². The molecule has 0 spiro atoms. The summed E-state index contributed by atoms with van der Waals surface area (Å²) >= 11 is 0. The molecule has 5 nitrogen and oxygen atoms in total. The molecule has 0 bridgehead atoms. The van der Waals surface area contributed by atoms with Gasteiger partial charge in [0, 0.05) is 12.7 Å². The van der Waals surface area contributed by atoms with Gasteiger partial charge in [0.2, 0.25) is 0 Å². The molecule has 3 N–H and O–H groups in total. The summed E-state index contributed by atoms with van der Waals surface area (Å²) in [5.41, 5.74) is 8.15. The summed E-state index contributed by atoms with van der Waals surface area (Å²) in [4.78, 5) is 16.0. The molecule has 3 aromatic rings. The highest BCUT2D eigenvalue weighted by Gasteiger charge is 2.09. The Morgan fingerprint density at radius 2 is 1.68 bits per heavy atom. The van der Waals surface area contributed by atoms with Gasteiger partial charge in [-0.1, -0.05) is 42.5 Å². The molecule has 0 unspecified atom stereocenters. The van der Waals surface area contributed by atoms with Crippen molar-refractivity contribution < 1.29 is 9.53 Å². The Balaban J connectivity index is 1.52. The van der Waals surface area contributed by atoms with Crippen molar-refractivity contribution in [2.24, 2.45) is 0 Å². The summed E-state index contributed by atoms with van der Waals surface area (Å²) in [7, 11) is 0. The van der Waals surface area contributed by atoms with Gasteiger partial charge in [-0.2, -0.15) is 0 Å². The molecule has 126 valence electrons. The van der Waals surface area contributed by atoms with Crippen LogP contribution in [0.3, 0.4) is 0 Å². The van der Waals surface area contributed by atoms with E-state index in [1.165, 1.54) is 0 Å². The number of anilines is 1. The minimum absolute atomic E-state index is 0.230. The minimum atomic E-state index is -0.234. The maximum absolute atomic E-state index is 12.1. The van der Waals surface area contributed by atoms with E-state index >= 15 is 0 Å². The van der Waals surface area contributed by atoms with E-state index in [2.05, 4.69) is 10.3 Å². The number of rotatable bonds is 6. The van der Waals surface area contributed by atoms with Crippen LogP contribution in [-0.2, 0) is 13.2 Å². The van der Waals surface area contributed by atoms with Crippen molar-refractivity contribution in [1.82, 2.24) is 10.3 Å². The summed E-state index contributed by atoms with van der Waals surface area (Å²) in [6.07, 6.45) is 1.56. The fourth-order valence-electron chi connectivity index (χ4n) is 2.32. The van der Waals surface area contributed by atoms with E-state index in [0.29, 0.717) is 18.7 Å². The third-order valence-electron chi connectivity index (χ3n) is 3.71. The number of ether oxygens (including phenoxy) is 1. The van der Waals surface area contributed by atoms with Gasteiger partial charge < -0.3 is 15.8 Å². The molecule has 1 heterocycles. The van der Waals surface area contributed by atoms with Crippen molar-refractivity contribution >= 4 is 11.7 Å². The molecule has 25 heavy (non-hydrogen) atoms. The molecule has 2 aromatic carbocycles. The van der Waals surface area contributed by atoms with E-state index in [1.54, 1.807) is 18.3 Å². The highest BCUT2D eigenvalue weighted by atomic mass is 16.5. The molecule has 0 aliphatic heterocycles. The monoisotopic (exact) mass is 333 g/mol. The Labute approximate surface area is 146 Å². The number of amides is 1. The smallest absolute Gasteiger partial charge is 0.255 e. The number of nitrogens with two attached hydrogens (primary N) is 1. The largest absolute Gasteiger partial charge is 0.489 e. The molecule has 3 rings (SSSR count). The Morgan fingerprint density at radius 3 is 2.40 bits per heavy atom. The predicted octanol–water partition coefficient (Wildman–Crippen LogP) is 3.17. The highest BCUT2D eigenvalue weighted by Crippen LogP contribution is 2.12. The molecule has 1 aromatic heterocycles. The zero-order valence-electron chi connectivity index (χ0n) is 13.7. The molecule has 0 saturated heterocycles. The number of benzene rings is 2. The van der Waals surface area contributed by atoms with Crippen molar-refractivity contribution in [2.75, 3.05) is 5.73 Å². The lowest BCUT2D eigenvalue weighted by Crippen LogP contribution is -2.24. The van der Waals surface area contributed by atoms with Crippen molar-refractivity contribution in [2.45, 2.75) is 13.2 Å². The Bertz CT molecular complexity index is 833. The van der Waals surface area contributed by atoms with Gasteiger partial charge in [0.05, 0.1) is 5.56 Å². The Morgan fingerprint density at radius 1 is 0.960 bits per heavy atom. The van der Waals surface area contributed by atoms with Gasteiger partial charge in [-0.05, 0) is 35.4 Å².